The summed E-state index contributed by atoms with van der Waals surface area (Å²) in [6.45, 7) is 4.08. The Balaban J connectivity index is 0.000000161. The first-order valence-corrected chi connectivity index (χ1v) is 20.9. The topological polar surface area (TPSA) is 112 Å². The second-order valence-corrected chi connectivity index (χ2v) is 15.4. The molecule has 0 spiro atoms. The average molecular weight is 839 g/mol. The van der Waals surface area contributed by atoms with Crippen LogP contribution in [0.2, 0.25) is 0 Å². The standard InChI is InChI=1S/C21H15NO.C19H13NO.C17H15NO.3Li/c23-21-19(13-12-16-9-6-14-22-20(16)21)18-11-5-4-10-17(18)15-7-2-1-3-8-15;21-19-17(11-10-14-7-4-12-20-18(14)19)16-9-3-6-13-5-1-2-8-15(13)16;1-11-5-3-6-12(2)15(11)14-9-8-13-7-4-10-18-16(13)17(14)19;;;/h1-14,23H;1-12,21H;3-10,19H,1-2H3;;;/q;;;3*+1. The molecule has 0 amide bonds. The van der Waals surface area contributed by atoms with Gasteiger partial charge in [0.05, 0.1) is 0 Å². The Labute approximate surface area is 420 Å². The number of hydrogen-bond acceptors (Lipinski definition) is 3. The molecule has 0 aliphatic carbocycles. The van der Waals surface area contributed by atoms with E-state index in [-0.39, 0.29) is 73.8 Å². The quantitative estimate of drug-likeness (QED) is 0.252. The SMILES string of the molecule is Cc1cccc(C)c1-c1ccc2ccc[nH+]c2c1[O-].[Li+].[Li+].[Li+].[O-]c1c(-c2cccc3ccccc23)ccc2ccc[nH+]c12.[O-]c1c(-c2ccccc2-c2ccccc2)ccc2ccc[nH+]c12. The number of pyridine rings is 3. The number of benzene rings is 8. The minimum absolute atomic E-state index is 0. The van der Waals surface area contributed by atoms with E-state index in [1.807, 2.05) is 166 Å². The third-order valence-corrected chi connectivity index (χ3v) is 11.5. The first kappa shape index (κ1) is 48.9. The van der Waals surface area contributed by atoms with Gasteiger partial charge in [0.2, 0.25) is 16.6 Å². The van der Waals surface area contributed by atoms with E-state index in [1.54, 1.807) is 18.6 Å². The van der Waals surface area contributed by atoms with E-state index >= 15 is 0 Å². The largest absolute Gasteiger partial charge is 1.00 e. The van der Waals surface area contributed by atoms with Gasteiger partial charge in [0.15, 0.2) is 18.6 Å². The monoisotopic (exact) mass is 838 g/mol. The van der Waals surface area contributed by atoms with Crippen LogP contribution in [-0.4, -0.2) is 0 Å². The number of H-pyrrole nitrogens is 3. The predicted octanol–water partition coefficient (Wildman–Crippen LogP) is 1.63. The Morgan fingerprint density at radius 2 is 0.697 bits per heavy atom. The molecule has 11 aromatic rings. The minimum Gasteiger partial charge on any atom is -0.868 e. The summed E-state index contributed by atoms with van der Waals surface area (Å²) in [6.07, 6.45) is 5.37. The normalized spacial score (nSPS) is 10.4. The summed E-state index contributed by atoms with van der Waals surface area (Å²) in [4.78, 5) is 9.20. The van der Waals surface area contributed by atoms with Gasteiger partial charge in [-0.05, 0) is 134 Å². The van der Waals surface area contributed by atoms with Crippen LogP contribution in [0.25, 0.3) is 88.0 Å². The van der Waals surface area contributed by atoms with Gasteiger partial charge in [0.25, 0.3) is 0 Å². The van der Waals surface area contributed by atoms with Crippen molar-refractivity contribution in [2.24, 2.45) is 0 Å². The molecule has 3 heterocycles. The van der Waals surface area contributed by atoms with Gasteiger partial charge in [0, 0.05) is 34.4 Å². The van der Waals surface area contributed by atoms with Gasteiger partial charge < -0.3 is 15.3 Å². The van der Waals surface area contributed by atoms with Crippen LogP contribution in [0.1, 0.15) is 11.1 Å². The molecule has 0 aliphatic rings. The van der Waals surface area contributed by atoms with Crippen molar-refractivity contribution < 1.29 is 86.9 Å². The molecule has 0 radical (unpaired) electrons. The van der Waals surface area contributed by atoms with E-state index in [4.69, 9.17) is 0 Å². The molecule has 0 atom stereocenters. The van der Waals surface area contributed by atoms with Gasteiger partial charge in [-0.2, -0.15) is 0 Å². The molecule has 3 aromatic heterocycles. The zero-order valence-electron chi connectivity index (χ0n) is 37.9. The molecule has 8 aromatic carbocycles. The number of aromatic amines is 3. The maximum absolute atomic E-state index is 12.9. The average Bonchev–Trinajstić information content (AvgIpc) is 3.33. The van der Waals surface area contributed by atoms with Crippen molar-refractivity contribution >= 4 is 43.5 Å². The fourth-order valence-electron chi connectivity index (χ4n) is 8.41. The second-order valence-electron chi connectivity index (χ2n) is 15.4. The Bertz CT molecular complexity index is 3410. The summed E-state index contributed by atoms with van der Waals surface area (Å²) < 4.78 is 0. The Morgan fingerprint density at radius 3 is 1.26 bits per heavy atom. The summed E-state index contributed by atoms with van der Waals surface area (Å²) >= 11 is 0. The summed E-state index contributed by atoms with van der Waals surface area (Å²) in [7, 11) is 0. The van der Waals surface area contributed by atoms with Crippen LogP contribution in [0.15, 0.2) is 207 Å². The summed E-state index contributed by atoms with van der Waals surface area (Å²) in [5.74, 6) is 0.145. The number of nitrogens with one attached hydrogen (secondary N) is 3. The fraction of sp³-hybridized carbons (Fsp3) is 0.0351. The molecule has 6 nitrogen and oxygen atoms in total. The van der Waals surface area contributed by atoms with Crippen LogP contribution in [0.3, 0.4) is 0 Å². The third kappa shape index (κ3) is 9.98. The zero-order valence-corrected chi connectivity index (χ0v) is 37.9. The molecular formula is C57H43Li3N3O3+3. The molecule has 0 fully saturated rings. The van der Waals surface area contributed by atoms with E-state index in [0.29, 0.717) is 16.6 Å². The van der Waals surface area contributed by atoms with Crippen molar-refractivity contribution in [2.45, 2.75) is 13.8 Å². The smallest absolute Gasteiger partial charge is 0.868 e. The Hall–Kier alpha value is -6.56. The van der Waals surface area contributed by atoms with Crippen LogP contribution < -0.4 is 86.9 Å². The van der Waals surface area contributed by atoms with Crippen molar-refractivity contribution in [1.29, 1.82) is 0 Å². The fourth-order valence-corrected chi connectivity index (χ4v) is 8.41. The first-order chi connectivity index (χ1) is 30.9. The molecule has 0 bridgehead atoms. The number of hydrogen-bond donors (Lipinski definition) is 0. The van der Waals surface area contributed by atoms with E-state index in [0.717, 1.165) is 82.6 Å². The van der Waals surface area contributed by atoms with Crippen LogP contribution in [-0.2, 0) is 0 Å². The molecule has 0 unspecified atom stereocenters. The Morgan fingerprint density at radius 1 is 0.303 bits per heavy atom. The second kappa shape index (κ2) is 22.1. The maximum atomic E-state index is 12.9. The molecule has 0 saturated heterocycles. The first-order valence-electron chi connectivity index (χ1n) is 20.9. The molecule has 0 saturated carbocycles. The number of fused-ring (bicyclic) bond motifs is 4. The number of aromatic nitrogens is 3. The van der Waals surface area contributed by atoms with Crippen molar-refractivity contribution in [3.05, 3.63) is 218 Å². The third-order valence-electron chi connectivity index (χ3n) is 11.5. The molecule has 3 N–H and O–H groups in total. The number of aryl methyl sites for hydroxylation is 2. The molecule has 9 heteroatoms. The summed E-state index contributed by atoms with van der Waals surface area (Å²) in [5.41, 5.74) is 11.6. The molecule has 11 rings (SSSR count). The van der Waals surface area contributed by atoms with Crippen LogP contribution in [0.5, 0.6) is 17.2 Å². The van der Waals surface area contributed by atoms with Crippen LogP contribution in [0, 0.1) is 13.8 Å². The van der Waals surface area contributed by atoms with E-state index in [1.165, 1.54) is 0 Å². The van der Waals surface area contributed by atoms with Gasteiger partial charge in [0.1, 0.15) is 0 Å². The summed E-state index contributed by atoms with van der Waals surface area (Å²) in [5, 5.41) is 43.3. The van der Waals surface area contributed by atoms with E-state index < -0.39 is 0 Å². The molecule has 66 heavy (non-hydrogen) atoms. The zero-order chi connectivity index (χ0) is 43.3. The molecular weight excluding hydrogens is 795 g/mol. The van der Waals surface area contributed by atoms with Gasteiger partial charge >= 0.3 is 56.6 Å². The van der Waals surface area contributed by atoms with Gasteiger partial charge in [-0.1, -0.05) is 133 Å². The van der Waals surface area contributed by atoms with Crippen LogP contribution in [0.4, 0.5) is 0 Å². The van der Waals surface area contributed by atoms with Crippen molar-refractivity contribution in [1.82, 2.24) is 0 Å². The number of rotatable bonds is 4. The van der Waals surface area contributed by atoms with Crippen LogP contribution >= 0.6 is 0 Å². The van der Waals surface area contributed by atoms with E-state index in [2.05, 4.69) is 51.4 Å². The maximum Gasteiger partial charge on any atom is 1.00 e. The van der Waals surface area contributed by atoms with Gasteiger partial charge in [-0.25, -0.2) is 15.0 Å². The van der Waals surface area contributed by atoms with Crippen molar-refractivity contribution in [2.75, 3.05) is 0 Å². The minimum atomic E-state index is 0. The van der Waals surface area contributed by atoms with Crippen molar-refractivity contribution in [3.8, 4) is 61.8 Å². The molecule has 0 aliphatic heterocycles. The van der Waals surface area contributed by atoms with Crippen molar-refractivity contribution in [3.63, 3.8) is 0 Å². The predicted molar refractivity (Wildman–Crippen MR) is 249 cm³/mol. The van der Waals surface area contributed by atoms with Gasteiger partial charge in [-0.15, -0.1) is 0 Å². The summed E-state index contributed by atoms with van der Waals surface area (Å²) in [6, 6.07) is 61.8. The van der Waals surface area contributed by atoms with E-state index in [9.17, 15) is 15.3 Å². The van der Waals surface area contributed by atoms with Gasteiger partial charge in [-0.3, -0.25) is 0 Å². The Kier molecular flexibility index (Phi) is 16.4. The molecule has 304 valence electrons.